The number of amides is 1. The topological polar surface area (TPSA) is 83.5 Å². The Labute approximate surface area is 187 Å². The Hall–Kier alpha value is -3.20. The van der Waals surface area contributed by atoms with Crippen LogP contribution < -0.4 is 18.9 Å². The number of hydrogen-bond donors (Lipinski definition) is 0. The van der Waals surface area contributed by atoms with Crippen LogP contribution in [0.5, 0.6) is 23.0 Å². The predicted octanol–water partition coefficient (Wildman–Crippen LogP) is 3.60. The molecule has 1 fully saturated rings. The van der Waals surface area contributed by atoms with Crippen molar-refractivity contribution in [1.29, 1.82) is 0 Å². The van der Waals surface area contributed by atoms with E-state index < -0.39 is 20.4 Å². The average molecular weight is 456 g/mol. The maximum absolute atomic E-state index is 13.1. The number of fused-ring (bicyclic) bond motifs is 2. The molecule has 8 nitrogen and oxygen atoms in total. The maximum atomic E-state index is 13.1. The molecule has 0 radical (unpaired) electrons. The molecule has 3 aliphatic heterocycles. The van der Waals surface area contributed by atoms with Gasteiger partial charge in [-0.2, -0.15) is 0 Å². The van der Waals surface area contributed by atoms with E-state index in [1.807, 2.05) is 56.0 Å². The van der Waals surface area contributed by atoms with E-state index in [-0.39, 0.29) is 31.9 Å². The van der Waals surface area contributed by atoms with Gasteiger partial charge in [0.2, 0.25) is 27.8 Å². The van der Waals surface area contributed by atoms with Crippen LogP contribution in [0.1, 0.15) is 30.0 Å². The number of benzene rings is 2. The Morgan fingerprint density at radius 3 is 2.00 bits per heavy atom. The smallest absolute Gasteiger partial charge is 0.315 e. The highest BCUT2D eigenvalue weighted by atomic mass is 28.4. The highest BCUT2D eigenvalue weighted by molar-refractivity contribution is 6.71. The highest BCUT2D eigenvalue weighted by Gasteiger charge is 2.44. The van der Waals surface area contributed by atoms with Crippen LogP contribution in [0.2, 0.25) is 19.6 Å². The van der Waals surface area contributed by atoms with E-state index in [0.717, 1.165) is 11.1 Å². The van der Waals surface area contributed by atoms with Gasteiger partial charge in [-0.1, -0.05) is 12.1 Å². The van der Waals surface area contributed by atoms with Gasteiger partial charge in [-0.25, -0.2) is 0 Å². The van der Waals surface area contributed by atoms with Crippen molar-refractivity contribution < 1.29 is 33.0 Å². The molecule has 3 aliphatic rings. The fraction of sp³-hybridized carbons (Fsp3) is 0.391. The van der Waals surface area contributed by atoms with Crippen molar-refractivity contribution >= 4 is 20.2 Å². The molecular weight excluding hydrogens is 430 g/mol. The van der Waals surface area contributed by atoms with Gasteiger partial charge in [0.05, 0.1) is 6.04 Å². The third kappa shape index (κ3) is 3.77. The third-order valence-corrected chi connectivity index (χ3v) is 6.45. The largest absolute Gasteiger partial charge is 0.518 e. The SMILES string of the molecule is C[Si](C)(C)OC(=O)C1CCC(=O)N1C(c1ccc2c(c1)OCO2)c1ccc2c(c1)OCO2. The van der Waals surface area contributed by atoms with Crippen molar-refractivity contribution in [3.8, 4) is 23.0 Å². The quantitative estimate of drug-likeness (QED) is 0.637. The molecule has 5 rings (SSSR count). The lowest BCUT2D eigenvalue weighted by molar-refractivity contribution is -0.145. The molecule has 0 aliphatic carbocycles. The summed E-state index contributed by atoms with van der Waals surface area (Å²) < 4.78 is 27.8. The Morgan fingerprint density at radius 2 is 1.47 bits per heavy atom. The van der Waals surface area contributed by atoms with Crippen molar-refractivity contribution in [2.24, 2.45) is 0 Å². The molecule has 1 unspecified atom stereocenters. The zero-order chi connectivity index (χ0) is 22.5. The predicted molar refractivity (Wildman–Crippen MR) is 116 cm³/mol. The molecule has 0 N–H and O–H groups in total. The third-order valence-electron chi connectivity index (χ3n) is 5.64. The summed E-state index contributed by atoms with van der Waals surface area (Å²) in [6, 6.07) is 10.0. The molecule has 0 spiro atoms. The van der Waals surface area contributed by atoms with Gasteiger partial charge in [-0.05, 0) is 61.5 Å². The van der Waals surface area contributed by atoms with E-state index >= 15 is 0 Å². The van der Waals surface area contributed by atoms with Crippen LogP contribution in [0.3, 0.4) is 0 Å². The normalized spacial score (nSPS) is 19.1. The lowest BCUT2D eigenvalue weighted by Crippen LogP contribution is -2.45. The average Bonchev–Trinajstić information content (AvgIpc) is 3.46. The van der Waals surface area contributed by atoms with E-state index in [1.54, 1.807) is 4.90 Å². The van der Waals surface area contributed by atoms with Gasteiger partial charge in [-0.3, -0.25) is 9.59 Å². The minimum atomic E-state index is -2.12. The zero-order valence-corrected chi connectivity index (χ0v) is 19.3. The van der Waals surface area contributed by atoms with Crippen LogP contribution in [-0.4, -0.2) is 44.7 Å². The first-order valence-electron chi connectivity index (χ1n) is 10.6. The monoisotopic (exact) mass is 455 g/mol. The first-order chi connectivity index (χ1) is 15.3. The lowest BCUT2D eigenvalue weighted by atomic mass is 9.95. The van der Waals surface area contributed by atoms with Gasteiger partial charge in [-0.15, -0.1) is 0 Å². The highest BCUT2D eigenvalue weighted by Crippen LogP contribution is 2.43. The van der Waals surface area contributed by atoms with E-state index in [0.29, 0.717) is 29.4 Å². The van der Waals surface area contributed by atoms with Crippen molar-refractivity contribution in [2.45, 2.75) is 44.6 Å². The lowest BCUT2D eigenvalue weighted by Gasteiger charge is -2.34. The van der Waals surface area contributed by atoms with Crippen molar-refractivity contribution in [2.75, 3.05) is 13.6 Å². The number of carbonyl (C=O) groups excluding carboxylic acids is 2. The molecule has 32 heavy (non-hydrogen) atoms. The fourth-order valence-electron chi connectivity index (χ4n) is 4.31. The van der Waals surface area contributed by atoms with Crippen molar-refractivity contribution in [3.63, 3.8) is 0 Å². The molecule has 9 heteroatoms. The first-order valence-corrected chi connectivity index (χ1v) is 14.0. The molecule has 3 heterocycles. The van der Waals surface area contributed by atoms with Crippen LogP contribution >= 0.6 is 0 Å². The number of carbonyl (C=O) groups is 2. The van der Waals surface area contributed by atoms with Crippen LogP contribution in [0.25, 0.3) is 0 Å². The molecule has 0 bridgehead atoms. The summed E-state index contributed by atoms with van der Waals surface area (Å²) in [6.45, 7) is 6.18. The van der Waals surface area contributed by atoms with E-state index in [1.165, 1.54) is 0 Å². The molecule has 0 aromatic heterocycles. The minimum Gasteiger partial charge on any atom is -0.518 e. The number of hydrogen-bond acceptors (Lipinski definition) is 7. The Bertz CT molecular complexity index is 1020. The summed E-state index contributed by atoms with van der Waals surface area (Å²) >= 11 is 0. The van der Waals surface area contributed by atoms with E-state index in [2.05, 4.69) is 0 Å². The van der Waals surface area contributed by atoms with Crippen molar-refractivity contribution in [3.05, 3.63) is 47.5 Å². The number of rotatable bonds is 5. The van der Waals surface area contributed by atoms with Crippen molar-refractivity contribution in [1.82, 2.24) is 4.90 Å². The molecular formula is C23H25NO7Si. The van der Waals surface area contributed by atoms with Gasteiger partial charge in [0.1, 0.15) is 6.04 Å². The summed E-state index contributed by atoms with van der Waals surface area (Å²) in [5, 5.41) is 0. The Kier molecular flexibility index (Phi) is 5.00. The van der Waals surface area contributed by atoms with Gasteiger partial charge >= 0.3 is 5.97 Å². The number of nitrogens with zero attached hydrogens (tertiary/aromatic N) is 1. The zero-order valence-electron chi connectivity index (χ0n) is 18.3. The van der Waals surface area contributed by atoms with E-state index in [4.69, 9.17) is 23.4 Å². The Balaban J connectivity index is 1.59. The summed E-state index contributed by atoms with van der Waals surface area (Å²) in [6.07, 6.45) is 0.713. The van der Waals surface area contributed by atoms with E-state index in [9.17, 15) is 9.59 Å². The summed E-state index contributed by atoms with van der Waals surface area (Å²) in [5.74, 6) is 2.09. The van der Waals surface area contributed by atoms with Gasteiger partial charge in [0.25, 0.3) is 0 Å². The van der Waals surface area contributed by atoms with Crippen LogP contribution in [0.15, 0.2) is 36.4 Å². The van der Waals surface area contributed by atoms with Gasteiger partial charge < -0.3 is 28.3 Å². The van der Waals surface area contributed by atoms with Gasteiger partial charge in [0.15, 0.2) is 23.0 Å². The molecule has 1 amide bonds. The molecule has 0 saturated carbocycles. The molecule has 168 valence electrons. The maximum Gasteiger partial charge on any atom is 0.315 e. The first kappa shape index (κ1) is 20.7. The summed E-state index contributed by atoms with van der Waals surface area (Å²) in [4.78, 5) is 27.9. The van der Waals surface area contributed by atoms with Crippen LogP contribution in [-0.2, 0) is 14.0 Å². The second-order valence-electron chi connectivity index (χ2n) is 9.02. The standard InChI is InChI=1S/C23H25NO7Si/c1-32(2,3)31-23(26)16-6-9-21(25)24(16)22(14-4-7-17-19(10-14)29-12-27-17)15-5-8-18-20(11-15)30-13-28-18/h4-5,7-8,10-11,16,22H,6,9,12-13H2,1-3H3. The molecule has 2 aromatic rings. The minimum absolute atomic E-state index is 0.0946. The number of ether oxygens (including phenoxy) is 4. The summed E-state index contributed by atoms with van der Waals surface area (Å²) in [5.41, 5.74) is 1.63. The summed E-state index contributed by atoms with van der Waals surface area (Å²) in [7, 11) is -2.12. The molecule has 2 aromatic carbocycles. The van der Waals surface area contributed by atoms with Crippen LogP contribution in [0, 0.1) is 0 Å². The Morgan fingerprint density at radius 1 is 0.938 bits per heavy atom. The fourth-order valence-corrected chi connectivity index (χ4v) is 5.05. The second-order valence-corrected chi connectivity index (χ2v) is 13.4. The van der Waals surface area contributed by atoms with Gasteiger partial charge in [0, 0.05) is 6.42 Å². The molecule has 1 atom stereocenters. The molecule has 1 saturated heterocycles. The van der Waals surface area contributed by atoms with Crippen LogP contribution in [0.4, 0.5) is 0 Å². The number of likely N-dealkylation sites (tertiary alicyclic amines) is 1. The second kappa shape index (κ2) is 7.74.